The highest BCUT2D eigenvalue weighted by molar-refractivity contribution is 6.31. The summed E-state index contributed by atoms with van der Waals surface area (Å²) in [5, 5.41) is 25.3. The first-order chi connectivity index (χ1) is 22.1. The van der Waals surface area contributed by atoms with Crippen molar-refractivity contribution in [3.63, 3.8) is 0 Å². The molecular formula is C37H33Cl2NO6. The molecule has 1 aliphatic rings. The maximum atomic E-state index is 14.9. The largest absolute Gasteiger partial charge is 0.497 e. The summed E-state index contributed by atoms with van der Waals surface area (Å²) >= 11 is 12.5. The Morgan fingerprint density at radius 2 is 1.41 bits per heavy atom. The van der Waals surface area contributed by atoms with Crippen LogP contribution in [0, 0.1) is 22.7 Å². The van der Waals surface area contributed by atoms with Crippen molar-refractivity contribution in [3.05, 3.63) is 129 Å². The number of halogens is 2. The van der Waals surface area contributed by atoms with E-state index in [4.69, 9.17) is 37.4 Å². The second-order valence-electron chi connectivity index (χ2n) is 11.3. The Kier molecular flexibility index (Phi) is 9.74. The first-order valence-electron chi connectivity index (χ1n) is 14.8. The van der Waals surface area contributed by atoms with Gasteiger partial charge in [0.05, 0.1) is 32.8 Å². The smallest absolute Gasteiger partial charge is 0.327 e. The van der Waals surface area contributed by atoms with Crippen molar-refractivity contribution in [3.8, 4) is 17.6 Å². The average molecular weight is 659 g/mol. The van der Waals surface area contributed by atoms with Crippen LogP contribution in [0.15, 0.2) is 97.1 Å². The van der Waals surface area contributed by atoms with Gasteiger partial charge in [-0.05, 0) is 90.7 Å². The lowest BCUT2D eigenvalue weighted by atomic mass is 9.47. The molecule has 1 aliphatic carbocycles. The molecule has 4 aromatic rings. The van der Waals surface area contributed by atoms with Crippen molar-refractivity contribution in [1.29, 1.82) is 5.26 Å². The molecule has 1 N–H and O–H groups in total. The third-order valence-corrected chi connectivity index (χ3v) is 9.41. The summed E-state index contributed by atoms with van der Waals surface area (Å²) in [4.78, 5) is 29.3. The Bertz CT molecular complexity index is 1770. The summed E-state index contributed by atoms with van der Waals surface area (Å²) in [6.07, 6.45) is -0.182. The van der Waals surface area contributed by atoms with Gasteiger partial charge in [0.1, 0.15) is 17.1 Å². The van der Waals surface area contributed by atoms with Gasteiger partial charge in [-0.3, -0.25) is 9.59 Å². The summed E-state index contributed by atoms with van der Waals surface area (Å²) in [5.74, 6) is -3.86. The summed E-state index contributed by atoms with van der Waals surface area (Å²) in [5.41, 5.74) is -2.23. The standard InChI is InChI=1S/C37H33Cl2NO6/c1-4-46-35(42)36(22-40)31(24-7-5-9-29(19-24)44-2)21-37(43,26-13-17-28(39)18-14-26)33(34(41)23-11-15-27(38)16-12-23)32(36)25-8-6-10-30(20-25)45-3/h5-20,31-33,43H,4,21H2,1-3H3. The maximum Gasteiger partial charge on any atom is 0.327 e. The normalized spacial score (nSPS) is 24.0. The van der Waals surface area contributed by atoms with Gasteiger partial charge in [0.25, 0.3) is 0 Å². The summed E-state index contributed by atoms with van der Waals surface area (Å²) < 4.78 is 16.7. The van der Waals surface area contributed by atoms with Gasteiger partial charge in [-0.25, -0.2) is 0 Å². The van der Waals surface area contributed by atoms with Crippen molar-refractivity contribution >= 4 is 35.0 Å². The second kappa shape index (κ2) is 13.6. The quantitative estimate of drug-likeness (QED) is 0.145. The van der Waals surface area contributed by atoms with E-state index in [1.807, 2.05) is 0 Å². The molecule has 5 unspecified atom stereocenters. The number of ether oxygens (including phenoxy) is 3. The van der Waals surface area contributed by atoms with Crippen LogP contribution >= 0.6 is 23.2 Å². The number of hydrogen-bond donors (Lipinski definition) is 1. The van der Waals surface area contributed by atoms with Crippen LogP contribution in [0.5, 0.6) is 11.5 Å². The van der Waals surface area contributed by atoms with Gasteiger partial charge in [0.15, 0.2) is 11.2 Å². The van der Waals surface area contributed by atoms with Gasteiger partial charge in [0.2, 0.25) is 0 Å². The predicted molar refractivity (Wildman–Crippen MR) is 175 cm³/mol. The Morgan fingerprint density at radius 3 is 1.96 bits per heavy atom. The number of carbonyl (C=O) groups excluding carboxylic acids is 2. The lowest BCUT2D eigenvalue weighted by Gasteiger charge is -2.54. The van der Waals surface area contributed by atoms with Crippen molar-refractivity contribution in [2.45, 2.75) is 30.8 Å². The minimum absolute atomic E-state index is 0.00479. The van der Waals surface area contributed by atoms with Crippen LogP contribution in [-0.2, 0) is 15.1 Å². The lowest BCUT2D eigenvalue weighted by molar-refractivity contribution is -0.164. The molecule has 0 aliphatic heterocycles. The van der Waals surface area contributed by atoms with Gasteiger partial charge in [-0.1, -0.05) is 59.6 Å². The van der Waals surface area contributed by atoms with Gasteiger partial charge in [-0.2, -0.15) is 5.26 Å². The van der Waals surface area contributed by atoms with Crippen molar-refractivity contribution in [2.24, 2.45) is 11.3 Å². The molecule has 9 heteroatoms. The number of methoxy groups -OCH3 is 2. The number of aliphatic hydroxyl groups is 1. The van der Waals surface area contributed by atoms with Crippen LogP contribution in [0.3, 0.4) is 0 Å². The number of nitrogens with zero attached hydrogens (tertiary/aromatic N) is 1. The molecule has 0 spiro atoms. The molecule has 0 bridgehead atoms. The topological polar surface area (TPSA) is 106 Å². The van der Waals surface area contributed by atoms with Gasteiger partial charge < -0.3 is 19.3 Å². The number of nitriles is 1. The van der Waals surface area contributed by atoms with E-state index >= 15 is 0 Å². The minimum Gasteiger partial charge on any atom is -0.497 e. The fraction of sp³-hybridized carbons (Fsp3) is 0.270. The number of hydrogen-bond acceptors (Lipinski definition) is 7. The molecule has 1 saturated carbocycles. The van der Waals surface area contributed by atoms with Gasteiger partial charge in [0, 0.05) is 27.4 Å². The summed E-state index contributed by atoms with van der Waals surface area (Å²) in [6.45, 7) is 1.66. The van der Waals surface area contributed by atoms with Crippen LogP contribution in [0.4, 0.5) is 0 Å². The molecule has 46 heavy (non-hydrogen) atoms. The zero-order chi connectivity index (χ0) is 33.1. The Morgan fingerprint density at radius 1 is 0.870 bits per heavy atom. The highest BCUT2D eigenvalue weighted by Gasteiger charge is 2.67. The van der Waals surface area contributed by atoms with E-state index in [0.717, 1.165) is 0 Å². The first kappa shape index (κ1) is 33.0. The lowest BCUT2D eigenvalue weighted by Crippen LogP contribution is -2.59. The Labute approximate surface area is 278 Å². The molecule has 236 valence electrons. The first-order valence-corrected chi connectivity index (χ1v) is 15.5. The van der Waals surface area contributed by atoms with Crippen molar-refractivity contribution in [2.75, 3.05) is 20.8 Å². The number of rotatable bonds is 9. The molecule has 0 aromatic heterocycles. The second-order valence-corrected chi connectivity index (χ2v) is 12.1. The third kappa shape index (κ3) is 5.85. The van der Waals surface area contributed by atoms with Crippen LogP contribution in [-0.4, -0.2) is 37.7 Å². The molecule has 5 atom stereocenters. The Hall–Kier alpha value is -4.35. The van der Waals surface area contributed by atoms with E-state index in [9.17, 15) is 20.0 Å². The molecule has 1 fully saturated rings. The molecule has 4 aromatic carbocycles. The zero-order valence-corrected chi connectivity index (χ0v) is 27.1. The molecule has 0 radical (unpaired) electrons. The number of Topliss-reactive ketones (excluding diaryl/α,β-unsaturated/α-hetero) is 1. The fourth-order valence-electron chi connectivity index (χ4n) is 6.79. The highest BCUT2D eigenvalue weighted by Crippen LogP contribution is 2.64. The molecule has 7 nitrogen and oxygen atoms in total. The molecular weight excluding hydrogens is 625 g/mol. The van der Waals surface area contributed by atoms with Crippen LogP contribution in [0.2, 0.25) is 10.0 Å². The molecule has 0 amide bonds. The number of carbonyl (C=O) groups is 2. The monoisotopic (exact) mass is 657 g/mol. The van der Waals surface area contributed by atoms with Crippen LogP contribution in [0.1, 0.15) is 52.2 Å². The summed E-state index contributed by atoms with van der Waals surface area (Å²) in [6, 6.07) is 29.2. The van der Waals surface area contributed by atoms with Crippen molar-refractivity contribution in [1.82, 2.24) is 0 Å². The van der Waals surface area contributed by atoms with E-state index < -0.39 is 40.5 Å². The average Bonchev–Trinajstić information content (AvgIpc) is 3.08. The number of benzene rings is 4. The van der Waals surface area contributed by atoms with E-state index in [1.54, 1.807) is 104 Å². The number of esters is 1. The predicted octanol–water partition coefficient (Wildman–Crippen LogP) is 7.74. The van der Waals surface area contributed by atoms with E-state index in [0.29, 0.717) is 38.2 Å². The number of ketones is 1. The van der Waals surface area contributed by atoms with E-state index in [-0.39, 0.29) is 18.6 Å². The maximum absolute atomic E-state index is 14.9. The molecule has 5 rings (SSSR count). The molecule has 0 saturated heterocycles. The third-order valence-electron chi connectivity index (χ3n) is 8.91. The highest BCUT2D eigenvalue weighted by atomic mass is 35.5. The zero-order valence-electron chi connectivity index (χ0n) is 25.6. The van der Waals surface area contributed by atoms with Crippen LogP contribution < -0.4 is 9.47 Å². The minimum atomic E-state index is -1.99. The Balaban J connectivity index is 1.92. The fourth-order valence-corrected chi connectivity index (χ4v) is 7.05. The molecule has 0 heterocycles. The van der Waals surface area contributed by atoms with Crippen LogP contribution in [0.25, 0.3) is 0 Å². The van der Waals surface area contributed by atoms with E-state index in [2.05, 4.69) is 6.07 Å². The van der Waals surface area contributed by atoms with Gasteiger partial charge in [-0.15, -0.1) is 0 Å². The van der Waals surface area contributed by atoms with E-state index in [1.165, 1.54) is 14.2 Å². The summed E-state index contributed by atoms with van der Waals surface area (Å²) in [7, 11) is 3.02. The van der Waals surface area contributed by atoms with Gasteiger partial charge >= 0.3 is 5.97 Å². The van der Waals surface area contributed by atoms with Crippen molar-refractivity contribution < 1.29 is 28.9 Å². The SMILES string of the molecule is CCOC(=O)C1(C#N)C(c2cccc(OC)c2)CC(O)(c2ccc(Cl)cc2)C(C(=O)c2ccc(Cl)cc2)C1c1cccc(OC)c1.